The Balaban J connectivity index is 0.000000183. The molecular formula is C10H21N. The van der Waals surface area contributed by atoms with E-state index in [9.17, 15) is 0 Å². The minimum Gasteiger partial charge on any atom is -0.317 e. The normalized spacial score (nSPS) is 16.5. The Kier molecular flexibility index (Phi) is 9.44. The number of allylic oxidation sites excluding steroid dienone is 2. The molecule has 0 atom stereocenters. The van der Waals surface area contributed by atoms with Crippen molar-refractivity contribution in [2.75, 3.05) is 13.1 Å². The van der Waals surface area contributed by atoms with Crippen molar-refractivity contribution >= 4 is 0 Å². The van der Waals surface area contributed by atoms with E-state index < -0.39 is 0 Å². The first-order valence-electron chi connectivity index (χ1n) is 4.77. The summed E-state index contributed by atoms with van der Waals surface area (Å²) < 4.78 is 0. The van der Waals surface area contributed by atoms with E-state index in [1.54, 1.807) is 0 Å². The second-order valence-corrected chi connectivity index (χ2v) is 2.75. The second-order valence-electron chi connectivity index (χ2n) is 2.75. The average molecular weight is 155 g/mol. The monoisotopic (exact) mass is 155 g/mol. The maximum atomic E-state index is 3.22. The van der Waals surface area contributed by atoms with Gasteiger partial charge in [-0.1, -0.05) is 26.0 Å². The van der Waals surface area contributed by atoms with Gasteiger partial charge in [-0.05, 0) is 38.8 Å². The Morgan fingerprint density at radius 2 is 1.45 bits per heavy atom. The van der Waals surface area contributed by atoms with Gasteiger partial charge >= 0.3 is 0 Å². The fourth-order valence-corrected chi connectivity index (χ4v) is 0.958. The van der Waals surface area contributed by atoms with E-state index >= 15 is 0 Å². The third kappa shape index (κ3) is 9.70. The lowest BCUT2D eigenvalue weighted by atomic mass is 10.4. The minimum atomic E-state index is 1.17. The SMILES string of the molecule is C1CCNC1.CCC=CCC. The summed E-state index contributed by atoms with van der Waals surface area (Å²) in [7, 11) is 0. The van der Waals surface area contributed by atoms with Crippen molar-refractivity contribution in [3.05, 3.63) is 12.2 Å². The molecule has 0 aromatic heterocycles. The third-order valence-electron chi connectivity index (χ3n) is 1.60. The van der Waals surface area contributed by atoms with E-state index in [2.05, 4.69) is 31.3 Å². The molecule has 66 valence electrons. The number of hydrogen-bond donors (Lipinski definition) is 1. The lowest BCUT2D eigenvalue weighted by Crippen LogP contribution is -2.03. The molecule has 1 saturated heterocycles. The van der Waals surface area contributed by atoms with E-state index in [0.717, 1.165) is 0 Å². The molecule has 0 saturated carbocycles. The lowest BCUT2D eigenvalue weighted by molar-refractivity contribution is 0.857. The summed E-state index contributed by atoms with van der Waals surface area (Å²) in [5, 5.41) is 3.22. The van der Waals surface area contributed by atoms with Crippen LogP contribution in [0.25, 0.3) is 0 Å². The summed E-state index contributed by atoms with van der Waals surface area (Å²) in [6.45, 7) is 6.79. The smallest absolute Gasteiger partial charge is 0.00484 e. The molecule has 1 aliphatic rings. The van der Waals surface area contributed by atoms with Crippen molar-refractivity contribution in [1.82, 2.24) is 5.32 Å². The highest BCUT2D eigenvalue weighted by atomic mass is 14.9. The molecule has 0 spiro atoms. The predicted molar refractivity (Wildman–Crippen MR) is 51.8 cm³/mol. The van der Waals surface area contributed by atoms with Crippen LogP contribution in [0.2, 0.25) is 0 Å². The van der Waals surface area contributed by atoms with Crippen molar-refractivity contribution in [3.8, 4) is 0 Å². The molecule has 0 unspecified atom stereocenters. The molecule has 1 N–H and O–H groups in total. The van der Waals surface area contributed by atoms with E-state index in [-0.39, 0.29) is 0 Å². The van der Waals surface area contributed by atoms with Crippen molar-refractivity contribution in [2.24, 2.45) is 0 Å². The molecule has 1 aliphatic heterocycles. The van der Waals surface area contributed by atoms with E-state index in [1.807, 2.05) is 0 Å². The second kappa shape index (κ2) is 9.70. The Bertz CT molecular complexity index is 69.3. The Hall–Kier alpha value is -0.300. The van der Waals surface area contributed by atoms with E-state index in [1.165, 1.54) is 38.8 Å². The van der Waals surface area contributed by atoms with Gasteiger partial charge in [0.05, 0.1) is 0 Å². The summed E-state index contributed by atoms with van der Waals surface area (Å²) in [6.07, 6.45) is 9.49. The molecule has 1 rings (SSSR count). The van der Waals surface area contributed by atoms with E-state index in [0.29, 0.717) is 0 Å². The first-order chi connectivity index (χ1) is 5.41. The topological polar surface area (TPSA) is 12.0 Å². The highest BCUT2D eigenvalue weighted by Gasteiger charge is 1.93. The standard InChI is InChI=1S/C6H12.C4H9N/c1-3-5-6-4-2;1-2-4-5-3-1/h5-6H,3-4H2,1-2H3;5H,1-4H2. The molecule has 0 aromatic rings. The minimum absolute atomic E-state index is 1.17. The van der Waals surface area contributed by atoms with Crippen molar-refractivity contribution in [3.63, 3.8) is 0 Å². The predicted octanol–water partition coefficient (Wildman–Crippen LogP) is 2.73. The Labute approximate surface area is 70.9 Å². The average Bonchev–Trinajstić information content (AvgIpc) is 2.57. The molecule has 0 aliphatic carbocycles. The van der Waals surface area contributed by atoms with Gasteiger partial charge in [0.1, 0.15) is 0 Å². The molecule has 0 aromatic carbocycles. The fourth-order valence-electron chi connectivity index (χ4n) is 0.958. The lowest BCUT2D eigenvalue weighted by Gasteiger charge is -1.76. The molecule has 1 fully saturated rings. The zero-order valence-electron chi connectivity index (χ0n) is 7.90. The van der Waals surface area contributed by atoms with Crippen LogP contribution in [0.15, 0.2) is 12.2 Å². The molecule has 1 heteroatoms. The van der Waals surface area contributed by atoms with Gasteiger partial charge in [-0.3, -0.25) is 0 Å². The zero-order chi connectivity index (χ0) is 8.36. The van der Waals surface area contributed by atoms with Gasteiger partial charge in [0.15, 0.2) is 0 Å². The van der Waals surface area contributed by atoms with Gasteiger partial charge in [0, 0.05) is 0 Å². The summed E-state index contributed by atoms with van der Waals surface area (Å²) in [5.41, 5.74) is 0. The van der Waals surface area contributed by atoms with Crippen LogP contribution in [0.5, 0.6) is 0 Å². The first-order valence-corrected chi connectivity index (χ1v) is 4.77. The summed E-state index contributed by atoms with van der Waals surface area (Å²) >= 11 is 0. The quantitative estimate of drug-likeness (QED) is 0.605. The molecule has 1 nitrogen and oxygen atoms in total. The number of hydrogen-bond acceptors (Lipinski definition) is 1. The van der Waals surface area contributed by atoms with Gasteiger partial charge in [-0.2, -0.15) is 0 Å². The van der Waals surface area contributed by atoms with Crippen LogP contribution in [-0.4, -0.2) is 13.1 Å². The highest BCUT2D eigenvalue weighted by molar-refractivity contribution is 4.77. The fraction of sp³-hybridized carbons (Fsp3) is 0.800. The van der Waals surface area contributed by atoms with Crippen molar-refractivity contribution < 1.29 is 0 Å². The molecule has 0 amide bonds. The summed E-state index contributed by atoms with van der Waals surface area (Å²) in [5.74, 6) is 0. The van der Waals surface area contributed by atoms with Crippen molar-refractivity contribution in [1.29, 1.82) is 0 Å². The van der Waals surface area contributed by atoms with Crippen LogP contribution in [0, 0.1) is 0 Å². The Morgan fingerprint density at radius 3 is 1.64 bits per heavy atom. The van der Waals surface area contributed by atoms with Crippen LogP contribution in [-0.2, 0) is 0 Å². The molecule has 0 radical (unpaired) electrons. The van der Waals surface area contributed by atoms with Gasteiger partial charge in [0.25, 0.3) is 0 Å². The molecule has 0 bridgehead atoms. The maximum Gasteiger partial charge on any atom is -0.00484 e. The van der Waals surface area contributed by atoms with Gasteiger partial charge in [-0.15, -0.1) is 0 Å². The zero-order valence-corrected chi connectivity index (χ0v) is 7.90. The number of nitrogens with one attached hydrogen (secondary N) is 1. The van der Waals surface area contributed by atoms with Crippen LogP contribution < -0.4 is 5.32 Å². The van der Waals surface area contributed by atoms with Gasteiger partial charge < -0.3 is 5.32 Å². The summed E-state index contributed by atoms with van der Waals surface area (Å²) in [4.78, 5) is 0. The van der Waals surface area contributed by atoms with Gasteiger partial charge in [-0.25, -0.2) is 0 Å². The highest BCUT2D eigenvalue weighted by Crippen LogP contribution is 1.90. The van der Waals surface area contributed by atoms with Crippen molar-refractivity contribution in [2.45, 2.75) is 39.5 Å². The Morgan fingerprint density at radius 1 is 1.00 bits per heavy atom. The first kappa shape index (κ1) is 10.7. The van der Waals surface area contributed by atoms with Crippen LogP contribution in [0.4, 0.5) is 0 Å². The number of rotatable bonds is 2. The van der Waals surface area contributed by atoms with E-state index in [4.69, 9.17) is 0 Å². The van der Waals surface area contributed by atoms with Crippen LogP contribution >= 0.6 is 0 Å². The molecule has 1 heterocycles. The molecular weight excluding hydrogens is 134 g/mol. The third-order valence-corrected chi connectivity index (χ3v) is 1.60. The largest absolute Gasteiger partial charge is 0.317 e. The maximum absolute atomic E-state index is 3.22. The summed E-state index contributed by atoms with van der Waals surface area (Å²) in [6, 6.07) is 0. The van der Waals surface area contributed by atoms with Crippen LogP contribution in [0.3, 0.4) is 0 Å². The van der Waals surface area contributed by atoms with Crippen LogP contribution in [0.1, 0.15) is 39.5 Å². The molecule has 11 heavy (non-hydrogen) atoms. The van der Waals surface area contributed by atoms with Gasteiger partial charge in [0.2, 0.25) is 0 Å².